The van der Waals surface area contributed by atoms with Crippen LogP contribution in [-0.2, 0) is 31.6 Å². The molecule has 0 atom stereocenters. The summed E-state index contributed by atoms with van der Waals surface area (Å²) in [5.41, 5.74) is -1.94. The van der Waals surface area contributed by atoms with Crippen molar-refractivity contribution in [3.63, 3.8) is 0 Å². The van der Waals surface area contributed by atoms with Gasteiger partial charge in [-0.1, -0.05) is 39.0 Å². The standard InChI is InChI=1S/C21H21F7/c1-19(2,3)12-15-7-5-13(10-17(15)20(23,24)25)4-6-14-8-9-16(22)11-18(14)21(26,27)28/h5,7-11H,4,6,12H2,1-3H3. The highest BCUT2D eigenvalue weighted by atomic mass is 19.4. The van der Waals surface area contributed by atoms with Gasteiger partial charge in [-0.2, -0.15) is 26.3 Å². The van der Waals surface area contributed by atoms with Crippen LogP contribution in [0.1, 0.15) is 48.6 Å². The van der Waals surface area contributed by atoms with Crippen LogP contribution in [0.15, 0.2) is 36.4 Å². The van der Waals surface area contributed by atoms with E-state index >= 15 is 0 Å². The van der Waals surface area contributed by atoms with E-state index in [2.05, 4.69) is 0 Å². The van der Waals surface area contributed by atoms with Gasteiger partial charge in [0.15, 0.2) is 0 Å². The number of aryl methyl sites for hydroxylation is 2. The van der Waals surface area contributed by atoms with Crippen LogP contribution in [0.2, 0.25) is 0 Å². The monoisotopic (exact) mass is 406 g/mol. The maximum absolute atomic E-state index is 13.4. The van der Waals surface area contributed by atoms with E-state index < -0.39 is 29.3 Å². The van der Waals surface area contributed by atoms with E-state index in [1.54, 1.807) is 0 Å². The van der Waals surface area contributed by atoms with Gasteiger partial charge >= 0.3 is 12.4 Å². The van der Waals surface area contributed by atoms with Crippen molar-refractivity contribution in [3.8, 4) is 0 Å². The van der Waals surface area contributed by atoms with E-state index in [4.69, 9.17) is 0 Å². The van der Waals surface area contributed by atoms with Crippen molar-refractivity contribution in [2.24, 2.45) is 5.41 Å². The van der Waals surface area contributed by atoms with Crippen LogP contribution in [-0.4, -0.2) is 0 Å². The molecule has 2 aromatic carbocycles. The van der Waals surface area contributed by atoms with Crippen LogP contribution in [0.4, 0.5) is 30.7 Å². The Balaban J connectivity index is 2.31. The molecule has 0 aromatic heterocycles. The van der Waals surface area contributed by atoms with Crippen molar-refractivity contribution in [1.82, 2.24) is 0 Å². The molecule has 0 radical (unpaired) electrons. The summed E-state index contributed by atoms with van der Waals surface area (Å²) in [6.45, 7) is 5.48. The van der Waals surface area contributed by atoms with Gasteiger partial charge in [-0.3, -0.25) is 0 Å². The first-order chi connectivity index (χ1) is 12.7. The molecule has 0 saturated heterocycles. The van der Waals surface area contributed by atoms with E-state index in [9.17, 15) is 30.7 Å². The van der Waals surface area contributed by atoms with Gasteiger partial charge in [0.25, 0.3) is 0 Å². The molecule has 0 bridgehead atoms. The SMILES string of the molecule is CC(C)(C)Cc1ccc(CCc2ccc(F)cc2C(F)(F)F)cc1C(F)(F)F. The average molecular weight is 406 g/mol. The molecule has 2 aromatic rings. The zero-order valence-electron chi connectivity index (χ0n) is 15.7. The van der Waals surface area contributed by atoms with Crippen LogP contribution < -0.4 is 0 Å². The number of hydrogen-bond acceptors (Lipinski definition) is 0. The summed E-state index contributed by atoms with van der Waals surface area (Å²) in [7, 11) is 0. The van der Waals surface area contributed by atoms with Gasteiger partial charge in [0.1, 0.15) is 5.82 Å². The van der Waals surface area contributed by atoms with Gasteiger partial charge < -0.3 is 0 Å². The first kappa shape index (κ1) is 22.2. The second-order valence-electron chi connectivity index (χ2n) is 8.03. The van der Waals surface area contributed by atoms with Gasteiger partial charge in [0, 0.05) is 0 Å². The third-order valence-electron chi connectivity index (χ3n) is 4.26. The van der Waals surface area contributed by atoms with Crippen molar-refractivity contribution in [1.29, 1.82) is 0 Å². The first-order valence-corrected chi connectivity index (χ1v) is 8.71. The lowest BCUT2D eigenvalue weighted by Gasteiger charge is -2.22. The average Bonchev–Trinajstić information content (AvgIpc) is 2.51. The largest absolute Gasteiger partial charge is 0.416 e. The number of alkyl halides is 6. The summed E-state index contributed by atoms with van der Waals surface area (Å²) >= 11 is 0. The molecular weight excluding hydrogens is 385 g/mol. The molecule has 0 nitrogen and oxygen atoms in total. The minimum absolute atomic E-state index is 0.0202. The highest BCUT2D eigenvalue weighted by molar-refractivity contribution is 5.36. The van der Waals surface area contributed by atoms with Crippen LogP contribution >= 0.6 is 0 Å². The molecule has 0 aliphatic heterocycles. The fourth-order valence-corrected chi connectivity index (χ4v) is 3.08. The Morgan fingerprint density at radius 3 is 1.75 bits per heavy atom. The molecule has 7 heteroatoms. The quantitative estimate of drug-likeness (QED) is 0.470. The Labute approximate surface area is 159 Å². The second kappa shape index (κ2) is 7.76. The molecule has 0 unspecified atom stereocenters. The van der Waals surface area contributed by atoms with Crippen molar-refractivity contribution in [2.75, 3.05) is 0 Å². The Kier molecular flexibility index (Phi) is 6.16. The Bertz CT molecular complexity index is 824. The number of rotatable bonds is 4. The van der Waals surface area contributed by atoms with E-state index in [1.165, 1.54) is 12.1 Å². The van der Waals surface area contributed by atoms with E-state index in [1.807, 2.05) is 20.8 Å². The molecule has 0 saturated carbocycles. The van der Waals surface area contributed by atoms with Crippen LogP contribution in [0.3, 0.4) is 0 Å². The highest BCUT2D eigenvalue weighted by Gasteiger charge is 2.35. The fraction of sp³-hybridized carbons (Fsp3) is 0.429. The normalized spacial score (nSPS) is 13.1. The summed E-state index contributed by atoms with van der Waals surface area (Å²) in [6.07, 6.45) is -9.23. The van der Waals surface area contributed by atoms with Gasteiger partial charge in [-0.25, -0.2) is 4.39 Å². The molecular formula is C21H21F7. The molecule has 28 heavy (non-hydrogen) atoms. The summed E-state index contributed by atoms with van der Waals surface area (Å²) < 4.78 is 92.7. The van der Waals surface area contributed by atoms with Crippen LogP contribution in [0, 0.1) is 11.2 Å². The Morgan fingerprint density at radius 1 is 0.679 bits per heavy atom. The summed E-state index contributed by atoms with van der Waals surface area (Å²) in [5.74, 6) is -1.01. The van der Waals surface area contributed by atoms with Gasteiger partial charge in [-0.15, -0.1) is 0 Å². The lowest BCUT2D eigenvalue weighted by molar-refractivity contribution is -0.139. The molecule has 0 spiro atoms. The van der Waals surface area contributed by atoms with Crippen LogP contribution in [0.25, 0.3) is 0 Å². The molecule has 0 heterocycles. The zero-order valence-corrected chi connectivity index (χ0v) is 15.7. The minimum atomic E-state index is -4.73. The first-order valence-electron chi connectivity index (χ1n) is 8.71. The highest BCUT2D eigenvalue weighted by Crippen LogP contribution is 2.36. The molecule has 154 valence electrons. The molecule has 0 aliphatic rings. The summed E-state index contributed by atoms with van der Waals surface area (Å²) in [5, 5.41) is 0. The van der Waals surface area contributed by atoms with Crippen molar-refractivity contribution in [3.05, 3.63) is 70.0 Å². The molecule has 0 fully saturated rings. The molecule has 2 rings (SSSR count). The van der Waals surface area contributed by atoms with Gasteiger partial charge in [0.05, 0.1) is 11.1 Å². The molecule has 0 amide bonds. The lowest BCUT2D eigenvalue weighted by Crippen LogP contribution is -2.16. The van der Waals surface area contributed by atoms with Gasteiger partial charge in [-0.05, 0) is 59.6 Å². The summed E-state index contributed by atoms with van der Waals surface area (Å²) in [6, 6.07) is 6.24. The minimum Gasteiger partial charge on any atom is -0.207 e. The van der Waals surface area contributed by atoms with Gasteiger partial charge in [0.2, 0.25) is 0 Å². The molecule has 0 aliphatic carbocycles. The van der Waals surface area contributed by atoms with E-state index in [-0.39, 0.29) is 41.4 Å². The third-order valence-corrected chi connectivity index (χ3v) is 4.26. The lowest BCUT2D eigenvalue weighted by atomic mass is 9.85. The smallest absolute Gasteiger partial charge is 0.207 e. The van der Waals surface area contributed by atoms with E-state index in [0.717, 1.165) is 18.2 Å². The Hall–Kier alpha value is -2.05. The maximum Gasteiger partial charge on any atom is 0.416 e. The predicted octanol–water partition coefficient (Wildman–Crippen LogP) is 7.24. The topological polar surface area (TPSA) is 0 Å². The van der Waals surface area contributed by atoms with E-state index in [0.29, 0.717) is 6.07 Å². The van der Waals surface area contributed by atoms with Crippen molar-refractivity contribution >= 4 is 0 Å². The summed E-state index contributed by atoms with van der Waals surface area (Å²) in [4.78, 5) is 0. The fourth-order valence-electron chi connectivity index (χ4n) is 3.08. The number of hydrogen-bond donors (Lipinski definition) is 0. The molecule has 0 N–H and O–H groups in total. The van der Waals surface area contributed by atoms with Crippen molar-refractivity contribution < 1.29 is 30.7 Å². The second-order valence-corrected chi connectivity index (χ2v) is 8.03. The Morgan fingerprint density at radius 2 is 1.21 bits per heavy atom. The van der Waals surface area contributed by atoms with Crippen LogP contribution in [0.5, 0.6) is 0 Å². The maximum atomic E-state index is 13.4. The zero-order chi connectivity index (χ0) is 21.3. The third kappa shape index (κ3) is 5.97. The predicted molar refractivity (Wildman–Crippen MR) is 93.4 cm³/mol. The number of benzene rings is 2. The van der Waals surface area contributed by atoms with Crippen molar-refractivity contribution in [2.45, 2.75) is 52.4 Å². The number of halogens is 7.